The lowest BCUT2D eigenvalue weighted by atomic mass is 10.0. The van der Waals surface area contributed by atoms with E-state index in [1.165, 1.54) is 11.1 Å². The van der Waals surface area contributed by atoms with Crippen molar-refractivity contribution in [1.82, 2.24) is 14.9 Å². The van der Waals surface area contributed by atoms with Gasteiger partial charge in [0, 0.05) is 32.7 Å². The number of aliphatic imine (C=N–C) groups is 1. The number of halogens is 1. The summed E-state index contributed by atoms with van der Waals surface area (Å²) in [5, 5.41) is 3.16. The van der Waals surface area contributed by atoms with Gasteiger partial charge in [0.2, 0.25) is 10.0 Å². The van der Waals surface area contributed by atoms with Crippen molar-refractivity contribution < 1.29 is 8.42 Å². The lowest BCUT2D eigenvalue weighted by Gasteiger charge is -2.31. The number of benzene rings is 1. The highest BCUT2D eigenvalue weighted by Crippen LogP contribution is 2.18. The van der Waals surface area contributed by atoms with Crippen LogP contribution in [-0.2, 0) is 23.0 Å². The molecule has 8 heteroatoms. The topological polar surface area (TPSA) is 73.8 Å². The maximum Gasteiger partial charge on any atom is 0.213 e. The van der Waals surface area contributed by atoms with Gasteiger partial charge in [-0.15, -0.1) is 24.0 Å². The normalized spacial score (nSPS) is 15.0. The molecule has 0 bridgehead atoms. The fraction of sp³-hybridized carbons (Fsp3) is 0.562. The number of rotatable bonds is 5. The van der Waals surface area contributed by atoms with Crippen molar-refractivity contribution in [2.24, 2.45) is 4.99 Å². The van der Waals surface area contributed by atoms with Gasteiger partial charge in [-0.25, -0.2) is 13.1 Å². The number of nitrogens with zero attached hydrogens (tertiary/aromatic N) is 2. The number of hydrogen-bond donors (Lipinski definition) is 2. The highest BCUT2D eigenvalue weighted by atomic mass is 127. The van der Waals surface area contributed by atoms with E-state index in [9.17, 15) is 8.42 Å². The molecular weight excluding hydrogens is 439 g/mol. The monoisotopic (exact) mass is 466 g/mol. The third-order valence-electron chi connectivity index (χ3n) is 3.71. The average molecular weight is 466 g/mol. The van der Waals surface area contributed by atoms with E-state index in [0.29, 0.717) is 6.54 Å². The zero-order valence-electron chi connectivity index (χ0n) is 14.4. The number of guanidine groups is 1. The van der Waals surface area contributed by atoms with Crippen molar-refractivity contribution in [2.75, 3.05) is 25.9 Å². The van der Waals surface area contributed by atoms with E-state index >= 15 is 0 Å². The second-order valence-electron chi connectivity index (χ2n) is 6.01. The van der Waals surface area contributed by atoms with Crippen LogP contribution in [0.3, 0.4) is 0 Å². The van der Waals surface area contributed by atoms with Gasteiger partial charge in [0.15, 0.2) is 5.96 Å². The van der Waals surface area contributed by atoms with Crippen LogP contribution in [0.15, 0.2) is 29.3 Å². The molecule has 1 aliphatic heterocycles. The van der Waals surface area contributed by atoms with E-state index in [2.05, 4.69) is 38.1 Å². The van der Waals surface area contributed by atoms with E-state index in [0.717, 1.165) is 25.5 Å². The molecule has 1 aromatic carbocycles. The van der Waals surface area contributed by atoms with E-state index < -0.39 is 10.0 Å². The first-order valence-electron chi connectivity index (χ1n) is 7.93. The first kappa shape index (κ1) is 21.2. The van der Waals surface area contributed by atoms with Gasteiger partial charge in [0.25, 0.3) is 0 Å². The Bertz CT molecular complexity index is 662. The van der Waals surface area contributed by atoms with Crippen LogP contribution in [0.1, 0.15) is 25.0 Å². The number of fused-ring (bicyclic) bond motifs is 1. The summed E-state index contributed by atoms with van der Waals surface area (Å²) in [5.41, 5.74) is 2.68. The van der Waals surface area contributed by atoms with Crippen molar-refractivity contribution in [3.8, 4) is 0 Å². The molecular formula is C16H27IN4O2S. The van der Waals surface area contributed by atoms with E-state index in [-0.39, 0.29) is 35.8 Å². The third-order valence-corrected chi connectivity index (χ3v) is 5.28. The van der Waals surface area contributed by atoms with Crippen LogP contribution >= 0.6 is 24.0 Å². The number of sulfonamides is 1. The maximum atomic E-state index is 11.8. The van der Waals surface area contributed by atoms with Crippen LogP contribution in [0.5, 0.6) is 0 Å². The van der Waals surface area contributed by atoms with Crippen molar-refractivity contribution in [1.29, 1.82) is 0 Å². The quantitative estimate of drug-likeness (QED) is 0.393. The molecule has 1 heterocycles. The fourth-order valence-corrected chi connectivity index (χ4v) is 3.93. The lowest BCUT2D eigenvalue weighted by molar-refractivity contribution is 0.380. The first-order chi connectivity index (χ1) is 10.9. The van der Waals surface area contributed by atoms with Crippen LogP contribution in [0.2, 0.25) is 0 Å². The maximum absolute atomic E-state index is 11.8. The zero-order valence-corrected chi connectivity index (χ0v) is 17.6. The molecule has 136 valence electrons. The van der Waals surface area contributed by atoms with Gasteiger partial charge in [-0.2, -0.15) is 0 Å². The summed E-state index contributed by atoms with van der Waals surface area (Å²) in [6.07, 6.45) is 0.976. The van der Waals surface area contributed by atoms with Gasteiger partial charge < -0.3 is 10.2 Å². The number of nitrogens with one attached hydrogen (secondary N) is 2. The van der Waals surface area contributed by atoms with E-state index in [4.69, 9.17) is 0 Å². The largest absolute Gasteiger partial charge is 0.355 e. The first-order valence-corrected chi connectivity index (χ1v) is 9.59. The molecule has 0 saturated heterocycles. The van der Waals surface area contributed by atoms with Gasteiger partial charge in [-0.3, -0.25) is 4.99 Å². The molecule has 0 aliphatic carbocycles. The Hall–Kier alpha value is -0.870. The summed E-state index contributed by atoms with van der Waals surface area (Å²) >= 11 is 0. The second-order valence-corrected chi connectivity index (χ2v) is 7.88. The summed E-state index contributed by atoms with van der Waals surface area (Å²) in [5.74, 6) is 0.786. The molecule has 2 N–H and O–H groups in total. The Morgan fingerprint density at radius 1 is 1.29 bits per heavy atom. The second kappa shape index (κ2) is 9.57. The molecule has 0 saturated carbocycles. The van der Waals surface area contributed by atoms with Crippen molar-refractivity contribution in [2.45, 2.75) is 32.9 Å². The number of hydrogen-bond acceptors (Lipinski definition) is 3. The lowest BCUT2D eigenvalue weighted by Crippen LogP contribution is -2.46. The minimum absolute atomic E-state index is 0. The van der Waals surface area contributed by atoms with Crippen molar-refractivity contribution >= 4 is 40.0 Å². The standard InChI is InChI=1S/C16H26N4O2S.HI/c1-13(2)19-23(21,22)11-9-18-16(17-3)20-10-8-14-6-4-5-7-15(14)12-20;/h4-7,13,19H,8-12H2,1-3H3,(H,17,18);1H. The molecule has 0 atom stereocenters. The summed E-state index contributed by atoms with van der Waals surface area (Å²) in [6, 6.07) is 8.31. The predicted molar refractivity (Wildman–Crippen MR) is 109 cm³/mol. The molecule has 6 nitrogen and oxygen atoms in total. The Balaban J connectivity index is 0.00000288. The molecule has 0 radical (unpaired) electrons. The minimum Gasteiger partial charge on any atom is -0.355 e. The van der Waals surface area contributed by atoms with Gasteiger partial charge in [-0.05, 0) is 31.4 Å². The smallest absolute Gasteiger partial charge is 0.213 e. The van der Waals surface area contributed by atoms with E-state index in [1.54, 1.807) is 7.05 Å². The predicted octanol–water partition coefficient (Wildman–Crippen LogP) is 1.57. The molecule has 0 unspecified atom stereocenters. The van der Waals surface area contributed by atoms with Gasteiger partial charge in [-0.1, -0.05) is 24.3 Å². The average Bonchev–Trinajstić information content (AvgIpc) is 2.50. The summed E-state index contributed by atoms with van der Waals surface area (Å²) < 4.78 is 26.3. The molecule has 2 rings (SSSR count). The molecule has 1 aromatic rings. The van der Waals surface area contributed by atoms with Gasteiger partial charge >= 0.3 is 0 Å². The summed E-state index contributed by atoms with van der Waals surface area (Å²) in [7, 11) is -1.52. The van der Waals surface area contributed by atoms with Crippen molar-refractivity contribution in [3.63, 3.8) is 0 Å². The SMILES string of the molecule is CN=C(NCCS(=O)(=O)NC(C)C)N1CCc2ccccc2C1.I. The van der Waals surface area contributed by atoms with Crippen LogP contribution in [0.25, 0.3) is 0 Å². The molecule has 0 amide bonds. The third kappa shape index (κ3) is 6.21. The summed E-state index contributed by atoms with van der Waals surface area (Å²) in [6.45, 7) is 5.65. The highest BCUT2D eigenvalue weighted by molar-refractivity contribution is 14.0. The van der Waals surface area contributed by atoms with Crippen LogP contribution in [0, 0.1) is 0 Å². The highest BCUT2D eigenvalue weighted by Gasteiger charge is 2.19. The van der Waals surface area contributed by atoms with Crippen molar-refractivity contribution in [3.05, 3.63) is 35.4 Å². The van der Waals surface area contributed by atoms with Crippen LogP contribution in [-0.4, -0.2) is 51.2 Å². The van der Waals surface area contributed by atoms with Crippen LogP contribution < -0.4 is 10.0 Å². The zero-order chi connectivity index (χ0) is 16.9. The molecule has 24 heavy (non-hydrogen) atoms. The van der Waals surface area contributed by atoms with Gasteiger partial charge in [0.1, 0.15) is 0 Å². The Morgan fingerprint density at radius 3 is 2.58 bits per heavy atom. The Kier molecular flexibility index (Phi) is 8.44. The Morgan fingerprint density at radius 2 is 1.96 bits per heavy atom. The Labute approximate surface area is 162 Å². The van der Waals surface area contributed by atoms with E-state index in [1.807, 2.05) is 19.9 Å². The van der Waals surface area contributed by atoms with Gasteiger partial charge in [0.05, 0.1) is 5.75 Å². The molecule has 0 spiro atoms. The van der Waals surface area contributed by atoms with Crippen LogP contribution in [0.4, 0.5) is 0 Å². The summed E-state index contributed by atoms with van der Waals surface area (Å²) in [4.78, 5) is 6.44. The minimum atomic E-state index is -3.25. The molecule has 0 aromatic heterocycles. The fourth-order valence-electron chi connectivity index (χ4n) is 2.72. The molecule has 0 fully saturated rings. The molecule has 1 aliphatic rings.